The molecule has 8 heteroatoms. The largest absolute Gasteiger partial charge is 0.468 e. The monoisotopic (exact) mass is 216 g/mol. The van der Waals surface area contributed by atoms with E-state index in [2.05, 4.69) is 10.2 Å². The molecule has 0 aromatic rings. The molecular formula is C4H9ClN2O4S. The smallest absolute Gasteiger partial charge is 0.323 e. The van der Waals surface area contributed by atoms with Gasteiger partial charge in [0.15, 0.2) is 0 Å². The predicted octanol–water partition coefficient (Wildman–Crippen LogP) is -0.874. The average molecular weight is 217 g/mol. The van der Waals surface area contributed by atoms with Crippen molar-refractivity contribution in [1.82, 2.24) is 10.3 Å². The zero-order valence-corrected chi connectivity index (χ0v) is 8.07. The standard InChI is InChI=1S/C4H9ClN2O4S/c1-3(4(8)11-2)6-7-12(5,9)10/h3,6-7H,1-2H3/t3-/m1/s1. The second-order valence-corrected chi connectivity index (χ2v) is 4.23. The zero-order chi connectivity index (χ0) is 9.78. The summed E-state index contributed by atoms with van der Waals surface area (Å²) in [5.74, 6) is -0.595. The van der Waals surface area contributed by atoms with Crippen molar-refractivity contribution in [2.45, 2.75) is 13.0 Å². The fourth-order valence-corrected chi connectivity index (χ4v) is 0.846. The van der Waals surface area contributed by atoms with Gasteiger partial charge in [-0.2, -0.15) is 8.42 Å². The number of hydrogen-bond acceptors (Lipinski definition) is 5. The summed E-state index contributed by atoms with van der Waals surface area (Å²) in [6.07, 6.45) is 0. The van der Waals surface area contributed by atoms with Crippen LogP contribution in [0.25, 0.3) is 0 Å². The van der Waals surface area contributed by atoms with E-state index in [1.165, 1.54) is 14.0 Å². The van der Waals surface area contributed by atoms with Crippen LogP contribution in [0.3, 0.4) is 0 Å². The van der Waals surface area contributed by atoms with Crippen LogP contribution in [0.4, 0.5) is 0 Å². The van der Waals surface area contributed by atoms with Gasteiger partial charge in [-0.3, -0.25) is 4.79 Å². The first-order valence-corrected chi connectivity index (χ1v) is 5.22. The quantitative estimate of drug-likeness (QED) is 0.362. The number of nitrogens with one attached hydrogen (secondary N) is 2. The molecule has 0 aliphatic heterocycles. The summed E-state index contributed by atoms with van der Waals surface area (Å²) >= 11 is 0. The van der Waals surface area contributed by atoms with Crippen molar-refractivity contribution in [3.05, 3.63) is 0 Å². The Morgan fingerprint density at radius 2 is 2.08 bits per heavy atom. The van der Waals surface area contributed by atoms with Crippen LogP contribution in [-0.4, -0.2) is 27.5 Å². The lowest BCUT2D eigenvalue weighted by Gasteiger charge is -2.09. The second kappa shape index (κ2) is 4.61. The van der Waals surface area contributed by atoms with Gasteiger partial charge in [0.25, 0.3) is 0 Å². The molecule has 0 radical (unpaired) electrons. The molecule has 0 saturated carbocycles. The maximum Gasteiger partial charge on any atom is 0.323 e. The number of carbonyl (C=O) groups excluding carboxylic acids is 1. The molecular weight excluding hydrogens is 208 g/mol. The summed E-state index contributed by atoms with van der Waals surface area (Å²) in [5.41, 5.74) is 2.13. The molecule has 0 saturated heterocycles. The maximum absolute atomic E-state index is 10.7. The van der Waals surface area contributed by atoms with Crippen molar-refractivity contribution in [3.8, 4) is 0 Å². The van der Waals surface area contributed by atoms with E-state index in [0.717, 1.165) is 0 Å². The van der Waals surface area contributed by atoms with Gasteiger partial charge in [0.1, 0.15) is 6.04 Å². The van der Waals surface area contributed by atoms with Gasteiger partial charge in [-0.25, -0.2) is 5.43 Å². The number of carbonyl (C=O) groups is 1. The van der Waals surface area contributed by atoms with Crippen molar-refractivity contribution in [2.24, 2.45) is 0 Å². The van der Waals surface area contributed by atoms with Crippen LogP contribution in [0.2, 0.25) is 0 Å². The Morgan fingerprint density at radius 1 is 1.58 bits per heavy atom. The first kappa shape index (κ1) is 11.6. The van der Waals surface area contributed by atoms with Crippen LogP contribution in [0.15, 0.2) is 0 Å². The second-order valence-electron chi connectivity index (χ2n) is 1.93. The van der Waals surface area contributed by atoms with Gasteiger partial charge in [0.05, 0.1) is 7.11 Å². The van der Waals surface area contributed by atoms with Gasteiger partial charge in [-0.1, -0.05) is 0 Å². The number of halogens is 1. The molecule has 0 bridgehead atoms. The fraction of sp³-hybridized carbons (Fsp3) is 0.750. The van der Waals surface area contributed by atoms with Crippen molar-refractivity contribution in [3.63, 3.8) is 0 Å². The van der Waals surface area contributed by atoms with Crippen LogP contribution in [0.1, 0.15) is 6.92 Å². The van der Waals surface area contributed by atoms with E-state index in [4.69, 9.17) is 10.7 Å². The van der Waals surface area contributed by atoms with Crippen LogP contribution >= 0.6 is 10.7 Å². The average Bonchev–Trinajstić information content (AvgIpc) is 1.97. The minimum Gasteiger partial charge on any atom is -0.468 e. The van der Waals surface area contributed by atoms with E-state index in [1.807, 2.05) is 0 Å². The molecule has 72 valence electrons. The van der Waals surface area contributed by atoms with Crippen LogP contribution in [-0.2, 0) is 18.8 Å². The molecule has 0 fully saturated rings. The third-order valence-corrected chi connectivity index (χ3v) is 1.55. The normalized spacial score (nSPS) is 13.9. The Hall–Kier alpha value is -0.370. The Kier molecular flexibility index (Phi) is 4.46. The van der Waals surface area contributed by atoms with E-state index in [0.29, 0.717) is 0 Å². The van der Waals surface area contributed by atoms with Gasteiger partial charge in [-0.05, 0) is 6.92 Å². The third-order valence-electron chi connectivity index (χ3n) is 0.952. The van der Waals surface area contributed by atoms with Crippen molar-refractivity contribution in [1.29, 1.82) is 0 Å². The highest BCUT2D eigenvalue weighted by molar-refractivity contribution is 8.12. The summed E-state index contributed by atoms with van der Waals surface area (Å²) in [4.78, 5) is 12.4. The Labute approximate surface area is 74.7 Å². The molecule has 0 heterocycles. The number of esters is 1. The fourth-order valence-electron chi connectivity index (χ4n) is 0.394. The molecule has 0 aromatic heterocycles. The van der Waals surface area contributed by atoms with Crippen LogP contribution in [0.5, 0.6) is 0 Å². The van der Waals surface area contributed by atoms with E-state index in [1.54, 1.807) is 4.83 Å². The van der Waals surface area contributed by atoms with Gasteiger partial charge in [0, 0.05) is 10.7 Å². The molecule has 6 nitrogen and oxygen atoms in total. The number of ether oxygens (including phenoxy) is 1. The third kappa shape index (κ3) is 5.30. The lowest BCUT2D eigenvalue weighted by atomic mass is 10.4. The Balaban J connectivity index is 3.88. The molecule has 0 spiro atoms. The van der Waals surface area contributed by atoms with Gasteiger partial charge in [0.2, 0.25) is 0 Å². The first-order chi connectivity index (χ1) is 5.37. The van der Waals surface area contributed by atoms with Gasteiger partial charge < -0.3 is 4.74 Å². The SMILES string of the molecule is COC(=O)[C@@H](C)NNS(=O)(=O)Cl. The minimum atomic E-state index is -3.86. The maximum atomic E-state index is 10.7. The topological polar surface area (TPSA) is 84.5 Å². The first-order valence-electron chi connectivity index (χ1n) is 2.91. The molecule has 0 amide bonds. The molecule has 0 aromatic carbocycles. The molecule has 0 rings (SSSR count). The number of rotatable bonds is 4. The summed E-state index contributed by atoms with van der Waals surface area (Å²) in [6.45, 7) is 1.42. The molecule has 12 heavy (non-hydrogen) atoms. The molecule has 0 aliphatic rings. The van der Waals surface area contributed by atoms with Gasteiger partial charge in [-0.15, -0.1) is 4.83 Å². The summed E-state index contributed by atoms with van der Waals surface area (Å²) in [6, 6.07) is -0.788. The highest BCUT2D eigenvalue weighted by atomic mass is 35.7. The van der Waals surface area contributed by atoms with Crippen LogP contribution < -0.4 is 10.3 Å². The molecule has 2 N–H and O–H groups in total. The molecule has 1 atom stereocenters. The lowest BCUT2D eigenvalue weighted by Crippen LogP contribution is -2.45. The molecule has 0 unspecified atom stereocenters. The number of methoxy groups -OCH3 is 1. The van der Waals surface area contributed by atoms with Crippen molar-refractivity contribution >= 4 is 25.9 Å². The van der Waals surface area contributed by atoms with Gasteiger partial charge >= 0.3 is 15.2 Å². The Bertz CT molecular complexity index is 252. The highest BCUT2D eigenvalue weighted by Gasteiger charge is 2.14. The lowest BCUT2D eigenvalue weighted by molar-refractivity contribution is -0.142. The minimum absolute atomic E-state index is 0.595. The summed E-state index contributed by atoms with van der Waals surface area (Å²) in [5, 5.41) is 0. The van der Waals surface area contributed by atoms with Crippen molar-refractivity contribution < 1.29 is 17.9 Å². The van der Waals surface area contributed by atoms with Crippen molar-refractivity contribution in [2.75, 3.05) is 7.11 Å². The highest BCUT2D eigenvalue weighted by Crippen LogP contribution is 1.88. The van der Waals surface area contributed by atoms with E-state index in [9.17, 15) is 13.2 Å². The number of hydrazine groups is 1. The van der Waals surface area contributed by atoms with E-state index >= 15 is 0 Å². The molecule has 0 aliphatic carbocycles. The summed E-state index contributed by atoms with van der Waals surface area (Å²) in [7, 11) is 2.10. The summed E-state index contributed by atoms with van der Waals surface area (Å²) < 4.78 is 24.9. The van der Waals surface area contributed by atoms with E-state index in [-0.39, 0.29) is 0 Å². The van der Waals surface area contributed by atoms with Crippen LogP contribution in [0, 0.1) is 0 Å². The zero-order valence-electron chi connectivity index (χ0n) is 6.50. The predicted molar refractivity (Wildman–Crippen MR) is 42.5 cm³/mol. The Morgan fingerprint density at radius 3 is 2.42 bits per heavy atom. The number of hydrogen-bond donors (Lipinski definition) is 2. The van der Waals surface area contributed by atoms with E-state index < -0.39 is 21.2 Å².